The monoisotopic (exact) mass is 345 g/mol. The van der Waals surface area contributed by atoms with Crippen LogP contribution in [0.1, 0.15) is 19.4 Å². The molecule has 1 atom stereocenters. The van der Waals surface area contributed by atoms with Gasteiger partial charge in [0, 0.05) is 0 Å². The highest BCUT2D eigenvalue weighted by Gasteiger charge is 2.28. The lowest BCUT2D eigenvalue weighted by Crippen LogP contribution is -2.56. The summed E-state index contributed by atoms with van der Waals surface area (Å²) < 4.78 is 5.59. The van der Waals surface area contributed by atoms with Crippen molar-refractivity contribution in [1.29, 1.82) is 0 Å². The van der Waals surface area contributed by atoms with Gasteiger partial charge in [-0.2, -0.15) is 0 Å². The van der Waals surface area contributed by atoms with Crippen molar-refractivity contribution in [2.24, 2.45) is 5.73 Å². The number of aromatic nitrogens is 2. The number of amides is 2. The molecule has 1 aromatic heterocycles. The first-order valence-corrected chi connectivity index (χ1v) is 7.87. The number of benzene rings is 1. The molecule has 0 unspecified atom stereocenters. The summed E-state index contributed by atoms with van der Waals surface area (Å²) in [5.41, 5.74) is 5.65. The molecule has 8 heteroatoms. The molecule has 0 spiro atoms. The van der Waals surface area contributed by atoms with E-state index in [1.54, 1.807) is 13.8 Å². The molecule has 2 aromatic rings. The quantitative estimate of drug-likeness (QED) is 0.563. The molecule has 1 heterocycles. The molecule has 0 fully saturated rings. The Balaban J connectivity index is 1.97. The highest BCUT2D eigenvalue weighted by molar-refractivity contribution is 5.97. The van der Waals surface area contributed by atoms with Crippen LogP contribution in [-0.4, -0.2) is 40.0 Å². The minimum absolute atomic E-state index is 0.0106. The fraction of sp³-hybridized carbons (Fsp3) is 0.353. The zero-order valence-electron chi connectivity index (χ0n) is 14.3. The van der Waals surface area contributed by atoms with Crippen molar-refractivity contribution in [3.05, 3.63) is 48.4 Å². The number of carbonyl (C=O) groups excluding carboxylic acids is 2. The topological polar surface area (TPSA) is 122 Å². The smallest absolute Gasteiger partial charge is 0.250 e. The van der Waals surface area contributed by atoms with Gasteiger partial charge in [-0.25, -0.2) is 4.98 Å². The van der Waals surface area contributed by atoms with Crippen molar-refractivity contribution in [3.8, 4) is 0 Å². The summed E-state index contributed by atoms with van der Waals surface area (Å²) in [6.45, 7) is 3.47. The lowest BCUT2D eigenvalue weighted by molar-refractivity contribution is -0.130. The second kappa shape index (κ2) is 8.41. The number of ether oxygens (including phenoxy) is 1. The van der Waals surface area contributed by atoms with Gasteiger partial charge in [-0.1, -0.05) is 30.3 Å². The van der Waals surface area contributed by atoms with Crippen molar-refractivity contribution in [3.63, 3.8) is 0 Å². The Bertz CT molecular complexity index is 680. The number of nitrogens with zero attached hydrogens (tertiary/aromatic N) is 1. The number of rotatable bonds is 8. The lowest BCUT2D eigenvalue weighted by Gasteiger charge is -2.23. The minimum Gasteiger partial charge on any atom is -0.374 e. The summed E-state index contributed by atoms with van der Waals surface area (Å²) >= 11 is 0. The van der Waals surface area contributed by atoms with Gasteiger partial charge in [-0.3, -0.25) is 9.59 Å². The summed E-state index contributed by atoms with van der Waals surface area (Å²) in [5, 5.41) is 5.26. The lowest BCUT2D eigenvalue weighted by atomic mass is 10.1. The number of hydrogen-bond acceptors (Lipinski definition) is 5. The Kier molecular flexibility index (Phi) is 6.26. The predicted molar refractivity (Wildman–Crippen MR) is 93.5 cm³/mol. The minimum atomic E-state index is -1.11. The molecule has 5 N–H and O–H groups in total. The first kappa shape index (κ1) is 18.6. The van der Waals surface area contributed by atoms with Crippen LogP contribution >= 0.6 is 0 Å². The van der Waals surface area contributed by atoms with Gasteiger partial charge in [-0.15, -0.1) is 0 Å². The molecule has 8 nitrogen and oxygen atoms in total. The van der Waals surface area contributed by atoms with Gasteiger partial charge in [0.1, 0.15) is 11.9 Å². The number of nitrogens with one attached hydrogen (secondary N) is 3. The number of carbonyl (C=O) groups is 2. The van der Waals surface area contributed by atoms with Crippen LogP contribution in [0.3, 0.4) is 0 Å². The SMILES string of the molecule is CC(C)(N)C(=O)N[C@H](COCc1ccccc1)C(=O)Nc1cnc[nH]1. The second-order valence-electron chi connectivity index (χ2n) is 6.20. The van der Waals surface area contributed by atoms with E-state index in [1.165, 1.54) is 12.5 Å². The van der Waals surface area contributed by atoms with Crippen molar-refractivity contribution in [1.82, 2.24) is 15.3 Å². The van der Waals surface area contributed by atoms with Crippen LogP contribution in [0.5, 0.6) is 0 Å². The maximum Gasteiger partial charge on any atom is 0.250 e. The van der Waals surface area contributed by atoms with Crippen molar-refractivity contribution < 1.29 is 14.3 Å². The van der Waals surface area contributed by atoms with Crippen molar-refractivity contribution in [2.75, 3.05) is 11.9 Å². The summed E-state index contributed by atoms with van der Waals surface area (Å²) in [6.07, 6.45) is 2.91. The highest BCUT2D eigenvalue weighted by Crippen LogP contribution is 2.05. The zero-order chi connectivity index (χ0) is 18.3. The molecule has 1 aromatic carbocycles. The standard InChI is InChI=1S/C17H23N5O3/c1-17(2,18)16(24)21-13(15(23)22-14-8-19-11-20-14)10-25-9-12-6-4-3-5-7-12/h3-8,11,13H,9-10,18H2,1-2H3,(H,19,20)(H,21,24)(H,22,23)/t13-/m1/s1. The summed E-state index contributed by atoms with van der Waals surface area (Å²) in [4.78, 5) is 31.1. The number of imidazole rings is 1. The van der Waals surface area contributed by atoms with E-state index in [2.05, 4.69) is 20.6 Å². The first-order chi connectivity index (χ1) is 11.9. The van der Waals surface area contributed by atoms with Gasteiger partial charge in [0.2, 0.25) is 5.91 Å². The Morgan fingerprint density at radius 3 is 2.64 bits per heavy atom. The predicted octanol–water partition coefficient (Wildman–Crippen LogP) is 0.787. The number of aromatic amines is 1. The number of H-pyrrole nitrogens is 1. The molecule has 0 aliphatic heterocycles. The maximum absolute atomic E-state index is 12.4. The van der Waals surface area contributed by atoms with Crippen LogP contribution < -0.4 is 16.4 Å². The van der Waals surface area contributed by atoms with Crippen LogP contribution in [0, 0.1) is 0 Å². The van der Waals surface area contributed by atoms with Crippen molar-refractivity contribution >= 4 is 17.6 Å². The Morgan fingerprint density at radius 2 is 2.04 bits per heavy atom. The van der Waals surface area contributed by atoms with Crippen LogP contribution in [0.4, 0.5) is 5.82 Å². The van der Waals surface area contributed by atoms with Crippen LogP contribution in [-0.2, 0) is 20.9 Å². The van der Waals surface area contributed by atoms with E-state index in [9.17, 15) is 9.59 Å². The van der Waals surface area contributed by atoms with E-state index in [0.717, 1.165) is 5.56 Å². The van der Waals surface area contributed by atoms with Crippen LogP contribution in [0.25, 0.3) is 0 Å². The molecule has 2 amide bonds. The summed E-state index contributed by atoms with van der Waals surface area (Å²) in [6, 6.07) is 8.66. The third kappa shape index (κ3) is 6.02. The second-order valence-corrected chi connectivity index (χ2v) is 6.20. The Hall–Kier alpha value is -2.71. The molecule has 25 heavy (non-hydrogen) atoms. The number of hydrogen-bond donors (Lipinski definition) is 4. The number of nitrogens with two attached hydrogens (primary N) is 1. The third-order valence-corrected chi connectivity index (χ3v) is 3.36. The molecular weight excluding hydrogens is 322 g/mol. The molecule has 0 radical (unpaired) electrons. The van der Waals surface area contributed by atoms with Gasteiger partial charge >= 0.3 is 0 Å². The molecule has 0 saturated heterocycles. The fourth-order valence-electron chi connectivity index (χ4n) is 1.94. The van der Waals surface area contributed by atoms with E-state index >= 15 is 0 Å². The number of anilines is 1. The molecule has 0 saturated carbocycles. The maximum atomic E-state index is 12.4. The van der Waals surface area contributed by atoms with Gasteiger partial charge in [0.25, 0.3) is 5.91 Å². The fourth-order valence-corrected chi connectivity index (χ4v) is 1.94. The van der Waals surface area contributed by atoms with E-state index < -0.39 is 23.4 Å². The largest absolute Gasteiger partial charge is 0.374 e. The third-order valence-electron chi connectivity index (χ3n) is 3.36. The summed E-state index contributed by atoms with van der Waals surface area (Å²) in [5.74, 6) is -0.435. The molecule has 2 rings (SSSR count). The van der Waals surface area contributed by atoms with Crippen molar-refractivity contribution in [2.45, 2.75) is 32.0 Å². The Labute approximate surface area is 146 Å². The van der Waals surface area contributed by atoms with E-state index in [0.29, 0.717) is 12.4 Å². The van der Waals surface area contributed by atoms with E-state index in [4.69, 9.17) is 10.5 Å². The molecule has 0 aliphatic carbocycles. The molecular formula is C17H23N5O3. The Morgan fingerprint density at radius 1 is 1.32 bits per heavy atom. The van der Waals surface area contributed by atoms with Gasteiger partial charge in [0.05, 0.1) is 31.3 Å². The summed E-state index contributed by atoms with van der Waals surface area (Å²) in [7, 11) is 0. The van der Waals surface area contributed by atoms with Crippen LogP contribution in [0.2, 0.25) is 0 Å². The van der Waals surface area contributed by atoms with Gasteiger partial charge < -0.3 is 26.1 Å². The normalized spacial score (nSPS) is 12.4. The van der Waals surface area contributed by atoms with Gasteiger partial charge in [-0.05, 0) is 19.4 Å². The molecule has 0 aliphatic rings. The van der Waals surface area contributed by atoms with Gasteiger partial charge in [0.15, 0.2) is 0 Å². The average Bonchev–Trinajstić information content (AvgIpc) is 3.06. The molecule has 0 bridgehead atoms. The zero-order valence-corrected chi connectivity index (χ0v) is 14.3. The van der Waals surface area contributed by atoms with E-state index in [-0.39, 0.29) is 6.61 Å². The van der Waals surface area contributed by atoms with Crippen LogP contribution in [0.15, 0.2) is 42.9 Å². The average molecular weight is 345 g/mol. The highest BCUT2D eigenvalue weighted by atomic mass is 16.5. The van der Waals surface area contributed by atoms with E-state index in [1.807, 2.05) is 30.3 Å². The molecule has 134 valence electrons. The first-order valence-electron chi connectivity index (χ1n) is 7.87.